The van der Waals surface area contributed by atoms with Crippen molar-refractivity contribution in [1.82, 2.24) is 15.0 Å². The molecule has 1 saturated heterocycles. The zero-order valence-electron chi connectivity index (χ0n) is 13.3. The maximum absolute atomic E-state index is 11.4. The first-order valence-corrected chi connectivity index (χ1v) is 7.86. The van der Waals surface area contributed by atoms with Crippen LogP contribution in [0.25, 0.3) is 0 Å². The minimum absolute atomic E-state index is 0.118. The number of aromatic nitrogens is 2. The molecule has 0 amide bonds. The van der Waals surface area contributed by atoms with E-state index < -0.39 is 0 Å². The number of piperidine rings is 1. The van der Waals surface area contributed by atoms with Gasteiger partial charge in [-0.1, -0.05) is 19.0 Å². The lowest BCUT2D eigenvalue weighted by Crippen LogP contribution is -2.40. The highest BCUT2D eigenvalue weighted by Crippen LogP contribution is 2.28. The third-order valence-electron chi connectivity index (χ3n) is 4.17. The number of carbonyl (C=O) groups excluding carboxylic acids is 1. The summed E-state index contributed by atoms with van der Waals surface area (Å²) in [7, 11) is 0. The van der Waals surface area contributed by atoms with E-state index in [0.29, 0.717) is 17.3 Å². The molecule has 2 aliphatic rings. The van der Waals surface area contributed by atoms with E-state index in [1.165, 1.54) is 6.08 Å². The van der Waals surface area contributed by atoms with Crippen LogP contribution >= 0.6 is 0 Å². The van der Waals surface area contributed by atoms with Gasteiger partial charge in [-0.15, -0.1) is 0 Å². The Hall–Kier alpha value is -2.49. The molecular formula is C16H19N5O2. The van der Waals surface area contributed by atoms with E-state index in [9.17, 15) is 10.1 Å². The highest BCUT2D eigenvalue weighted by Gasteiger charge is 2.29. The van der Waals surface area contributed by atoms with Gasteiger partial charge in [-0.2, -0.15) is 10.2 Å². The number of likely N-dealkylation sites (tertiary alicyclic amines) is 1. The lowest BCUT2D eigenvalue weighted by atomic mass is 9.95. The molecule has 3 rings (SSSR count). The van der Waals surface area contributed by atoms with Crippen molar-refractivity contribution >= 4 is 11.6 Å². The lowest BCUT2D eigenvalue weighted by molar-refractivity contribution is -0.113. The number of hydrogen-bond donors (Lipinski definition) is 0. The maximum atomic E-state index is 11.4. The van der Waals surface area contributed by atoms with Crippen LogP contribution in [0.5, 0.6) is 0 Å². The first-order chi connectivity index (χ1) is 11.1. The van der Waals surface area contributed by atoms with Gasteiger partial charge in [-0.05, 0) is 12.8 Å². The largest absolute Gasteiger partial charge is 0.356 e. The highest BCUT2D eigenvalue weighted by atomic mass is 16.5. The number of amidine groups is 1. The summed E-state index contributed by atoms with van der Waals surface area (Å²) < 4.78 is 5.38. The van der Waals surface area contributed by atoms with Crippen molar-refractivity contribution in [3.63, 3.8) is 0 Å². The molecule has 0 aromatic carbocycles. The monoisotopic (exact) mass is 313 g/mol. The fourth-order valence-corrected chi connectivity index (χ4v) is 2.85. The van der Waals surface area contributed by atoms with Crippen molar-refractivity contribution in [2.24, 2.45) is 4.99 Å². The standard InChI is InChI=1S/C16H19N5O2/c1-10(2)14-19-16(23-20-14)11-3-5-21(6-4-11)15-12(8-17)7-13(22)9-18-15/h7,10-11H,3-6,9H2,1-2H3. The van der Waals surface area contributed by atoms with Crippen LogP contribution in [0.4, 0.5) is 0 Å². The molecule has 7 heteroatoms. The quantitative estimate of drug-likeness (QED) is 0.826. The Morgan fingerprint density at radius 1 is 1.39 bits per heavy atom. The minimum Gasteiger partial charge on any atom is -0.356 e. The zero-order valence-corrected chi connectivity index (χ0v) is 13.3. The van der Waals surface area contributed by atoms with E-state index in [4.69, 9.17) is 4.52 Å². The van der Waals surface area contributed by atoms with E-state index in [-0.39, 0.29) is 24.2 Å². The van der Waals surface area contributed by atoms with E-state index in [2.05, 4.69) is 26.1 Å². The van der Waals surface area contributed by atoms with Gasteiger partial charge in [-0.25, -0.2) is 0 Å². The fourth-order valence-electron chi connectivity index (χ4n) is 2.85. The molecule has 7 nitrogen and oxygen atoms in total. The normalized spacial score (nSPS) is 19.6. The highest BCUT2D eigenvalue weighted by molar-refractivity contribution is 6.11. The molecule has 2 aliphatic heterocycles. The molecule has 0 spiro atoms. The smallest absolute Gasteiger partial charge is 0.229 e. The Morgan fingerprint density at radius 3 is 2.74 bits per heavy atom. The topological polar surface area (TPSA) is 95.4 Å². The Bertz CT molecular complexity index is 702. The molecule has 0 radical (unpaired) electrons. The van der Waals surface area contributed by atoms with Gasteiger partial charge in [0, 0.05) is 31.0 Å². The Balaban J connectivity index is 1.65. The number of dihydropyridines is 1. The van der Waals surface area contributed by atoms with Crippen LogP contribution in [0.3, 0.4) is 0 Å². The molecule has 0 saturated carbocycles. The van der Waals surface area contributed by atoms with Crippen molar-refractivity contribution in [1.29, 1.82) is 5.26 Å². The van der Waals surface area contributed by atoms with E-state index in [1.807, 2.05) is 13.8 Å². The van der Waals surface area contributed by atoms with E-state index >= 15 is 0 Å². The fraction of sp³-hybridized carbons (Fsp3) is 0.562. The van der Waals surface area contributed by atoms with E-state index in [1.54, 1.807) is 0 Å². The number of carbonyl (C=O) groups is 1. The third kappa shape index (κ3) is 3.16. The molecule has 0 N–H and O–H groups in total. The third-order valence-corrected chi connectivity index (χ3v) is 4.17. The van der Waals surface area contributed by atoms with Gasteiger partial charge in [0.1, 0.15) is 18.4 Å². The molecule has 120 valence electrons. The van der Waals surface area contributed by atoms with Gasteiger partial charge in [0.25, 0.3) is 0 Å². The first kappa shape index (κ1) is 15.4. The number of ketones is 1. The van der Waals surface area contributed by atoms with Crippen LogP contribution in [-0.2, 0) is 4.79 Å². The first-order valence-electron chi connectivity index (χ1n) is 7.86. The van der Waals surface area contributed by atoms with Crippen LogP contribution in [0.1, 0.15) is 50.2 Å². The molecule has 3 heterocycles. The summed E-state index contributed by atoms with van der Waals surface area (Å²) in [6, 6.07) is 2.07. The Labute approximate surface area is 134 Å². The predicted molar refractivity (Wildman–Crippen MR) is 82.9 cm³/mol. The second kappa shape index (κ2) is 6.32. The number of aliphatic imine (C=N–C) groups is 1. The van der Waals surface area contributed by atoms with E-state index in [0.717, 1.165) is 31.8 Å². The molecule has 0 bridgehead atoms. The molecule has 0 aliphatic carbocycles. The van der Waals surface area contributed by atoms with Crippen molar-refractivity contribution in [3.05, 3.63) is 23.4 Å². The molecule has 1 aromatic heterocycles. The summed E-state index contributed by atoms with van der Waals surface area (Å²) in [5.41, 5.74) is 0.361. The van der Waals surface area contributed by atoms with Gasteiger partial charge < -0.3 is 9.42 Å². The lowest BCUT2D eigenvalue weighted by Gasteiger charge is -2.33. The number of rotatable bonds is 2. The molecule has 0 unspecified atom stereocenters. The second-order valence-electron chi connectivity index (χ2n) is 6.18. The minimum atomic E-state index is -0.118. The van der Waals surface area contributed by atoms with Gasteiger partial charge in [-0.3, -0.25) is 9.79 Å². The summed E-state index contributed by atoms with van der Waals surface area (Å²) in [4.78, 5) is 22.2. The second-order valence-corrected chi connectivity index (χ2v) is 6.18. The molecule has 1 aromatic rings. The van der Waals surface area contributed by atoms with Crippen LogP contribution in [0.15, 0.2) is 21.2 Å². The average Bonchev–Trinajstić information content (AvgIpc) is 3.05. The van der Waals surface area contributed by atoms with Gasteiger partial charge in [0.15, 0.2) is 11.6 Å². The van der Waals surface area contributed by atoms with Crippen LogP contribution in [0.2, 0.25) is 0 Å². The van der Waals surface area contributed by atoms with Crippen molar-refractivity contribution in [3.8, 4) is 6.07 Å². The summed E-state index contributed by atoms with van der Waals surface area (Å²) in [5.74, 6) is 2.46. The Kier molecular flexibility index (Phi) is 4.24. The summed E-state index contributed by atoms with van der Waals surface area (Å²) >= 11 is 0. The average molecular weight is 313 g/mol. The molecule has 1 fully saturated rings. The molecule has 23 heavy (non-hydrogen) atoms. The molecular weight excluding hydrogens is 294 g/mol. The number of hydrogen-bond acceptors (Lipinski definition) is 7. The number of nitrogens with zero attached hydrogens (tertiary/aromatic N) is 5. The Morgan fingerprint density at radius 2 is 2.13 bits per heavy atom. The summed E-state index contributed by atoms with van der Waals surface area (Å²) in [6.45, 7) is 5.72. The molecule has 0 atom stereocenters. The van der Waals surface area contributed by atoms with Crippen molar-refractivity contribution < 1.29 is 9.32 Å². The van der Waals surface area contributed by atoms with Crippen LogP contribution in [-0.4, -0.2) is 46.3 Å². The zero-order chi connectivity index (χ0) is 16.4. The maximum Gasteiger partial charge on any atom is 0.229 e. The van der Waals surface area contributed by atoms with Gasteiger partial charge >= 0.3 is 0 Å². The van der Waals surface area contributed by atoms with Gasteiger partial charge in [0.2, 0.25) is 5.89 Å². The van der Waals surface area contributed by atoms with Crippen molar-refractivity contribution in [2.75, 3.05) is 19.6 Å². The summed E-state index contributed by atoms with van der Waals surface area (Å²) in [5, 5.41) is 13.2. The predicted octanol–water partition coefficient (Wildman–Crippen LogP) is 1.80. The van der Waals surface area contributed by atoms with Crippen LogP contribution in [0, 0.1) is 11.3 Å². The number of nitriles is 1. The SMILES string of the molecule is CC(C)c1noc(C2CCN(C3=NCC(=O)C=C3C#N)CC2)n1. The summed E-state index contributed by atoms with van der Waals surface area (Å²) in [6.07, 6.45) is 3.12. The van der Waals surface area contributed by atoms with Gasteiger partial charge in [0.05, 0.1) is 5.57 Å². The van der Waals surface area contributed by atoms with Crippen LogP contribution < -0.4 is 0 Å². The van der Waals surface area contributed by atoms with Crippen molar-refractivity contribution in [2.45, 2.75) is 38.5 Å².